The standard InChI is InChI=1S/C25H33N3O4/c1-16-9-7-8-10-18(16)23(29)26-15-20-19-14-22(32-6)21(31-5)13-17(19)11-12-28(20)24(30)27-25(2,3)4/h7-10,13-14,20H,11-12,15H2,1-6H3,(H,26,29)(H,27,30). The molecule has 1 unspecified atom stereocenters. The summed E-state index contributed by atoms with van der Waals surface area (Å²) in [7, 11) is 3.20. The van der Waals surface area contributed by atoms with E-state index in [2.05, 4.69) is 10.6 Å². The van der Waals surface area contributed by atoms with Gasteiger partial charge in [-0.2, -0.15) is 0 Å². The molecule has 0 saturated heterocycles. The van der Waals surface area contributed by atoms with Gasteiger partial charge in [0.25, 0.3) is 5.91 Å². The highest BCUT2D eigenvalue weighted by Gasteiger charge is 2.33. The largest absolute Gasteiger partial charge is 0.493 e. The van der Waals surface area contributed by atoms with Crippen LogP contribution in [-0.4, -0.2) is 49.7 Å². The van der Waals surface area contributed by atoms with Gasteiger partial charge in [0, 0.05) is 24.2 Å². The average molecular weight is 440 g/mol. The van der Waals surface area contributed by atoms with Crippen LogP contribution in [0.3, 0.4) is 0 Å². The van der Waals surface area contributed by atoms with E-state index in [9.17, 15) is 9.59 Å². The van der Waals surface area contributed by atoms with E-state index in [1.165, 1.54) is 0 Å². The predicted molar refractivity (Wildman–Crippen MR) is 124 cm³/mol. The molecule has 7 nitrogen and oxygen atoms in total. The number of amides is 3. The summed E-state index contributed by atoms with van der Waals surface area (Å²) in [6.45, 7) is 8.58. The zero-order valence-electron chi connectivity index (χ0n) is 19.7. The van der Waals surface area contributed by atoms with Gasteiger partial charge in [-0.3, -0.25) is 4.79 Å². The van der Waals surface area contributed by atoms with Gasteiger partial charge in [0.1, 0.15) is 0 Å². The van der Waals surface area contributed by atoms with Crippen LogP contribution in [0.5, 0.6) is 11.5 Å². The van der Waals surface area contributed by atoms with Crippen molar-refractivity contribution in [3.8, 4) is 11.5 Å². The Kier molecular flexibility index (Phi) is 6.96. The number of carbonyl (C=O) groups is 2. The van der Waals surface area contributed by atoms with Gasteiger partial charge in [0.2, 0.25) is 0 Å². The number of methoxy groups -OCH3 is 2. The van der Waals surface area contributed by atoms with Crippen molar-refractivity contribution < 1.29 is 19.1 Å². The van der Waals surface area contributed by atoms with Crippen LogP contribution in [0.1, 0.15) is 53.9 Å². The molecular weight excluding hydrogens is 406 g/mol. The summed E-state index contributed by atoms with van der Waals surface area (Å²) in [6, 6.07) is 10.8. The van der Waals surface area contributed by atoms with Crippen LogP contribution < -0.4 is 20.1 Å². The average Bonchev–Trinajstić information content (AvgIpc) is 2.75. The smallest absolute Gasteiger partial charge is 0.318 e. The number of benzene rings is 2. The molecular formula is C25H33N3O4. The number of fused-ring (bicyclic) bond motifs is 1. The van der Waals surface area contributed by atoms with Gasteiger partial charge in [-0.25, -0.2) is 4.79 Å². The number of ether oxygens (including phenoxy) is 2. The first kappa shape index (κ1) is 23.4. The van der Waals surface area contributed by atoms with Gasteiger partial charge in [-0.05, 0) is 69.0 Å². The molecule has 1 heterocycles. The molecule has 3 rings (SSSR count). The second-order valence-electron chi connectivity index (χ2n) is 9.07. The molecule has 0 fully saturated rings. The maximum atomic E-state index is 13.1. The first-order valence-electron chi connectivity index (χ1n) is 10.8. The number of nitrogens with zero attached hydrogens (tertiary/aromatic N) is 1. The lowest BCUT2D eigenvalue weighted by Crippen LogP contribution is -2.53. The Balaban J connectivity index is 1.93. The molecule has 0 radical (unpaired) electrons. The van der Waals surface area contributed by atoms with E-state index in [0.29, 0.717) is 30.0 Å². The quantitative estimate of drug-likeness (QED) is 0.742. The number of nitrogens with one attached hydrogen (secondary N) is 2. The van der Waals surface area contributed by atoms with E-state index < -0.39 is 0 Å². The first-order chi connectivity index (χ1) is 15.1. The number of carbonyl (C=O) groups excluding carboxylic acids is 2. The maximum Gasteiger partial charge on any atom is 0.318 e. The SMILES string of the molecule is COc1cc2c(cc1OC)C(CNC(=O)c1ccccc1C)N(C(=O)NC(C)(C)C)CC2. The third kappa shape index (κ3) is 5.15. The lowest BCUT2D eigenvalue weighted by atomic mass is 9.91. The van der Waals surface area contributed by atoms with E-state index >= 15 is 0 Å². The summed E-state index contributed by atoms with van der Waals surface area (Å²) in [5.74, 6) is 1.09. The van der Waals surface area contributed by atoms with Crippen molar-refractivity contribution in [1.82, 2.24) is 15.5 Å². The van der Waals surface area contributed by atoms with Gasteiger partial charge in [-0.1, -0.05) is 18.2 Å². The number of hydrogen-bond acceptors (Lipinski definition) is 4. The normalized spacial score (nSPS) is 15.6. The van der Waals surface area contributed by atoms with Gasteiger partial charge in [0.15, 0.2) is 11.5 Å². The summed E-state index contributed by atoms with van der Waals surface area (Å²) < 4.78 is 11.0. The van der Waals surface area contributed by atoms with E-state index in [1.807, 2.05) is 58.0 Å². The second kappa shape index (κ2) is 9.51. The minimum atomic E-state index is -0.371. The molecule has 172 valence electrons. The van der Waals surface area contributed by atoms with E-state index in [0.717, 1.165) is 16.7 Å². The Morgan fingerprint density at radius 3 is 2.38 bits per heavy atom. The number of rotatable bonds is 5. The number of aryl methyl sites for hydroxylation is 1. The lowest BCUT2D eigenvalue weighted by molar-refractivity contribution is 0.0932. The molecule has 2 aromatic rings. The number of hydrogen-bond donors (Lipinski definition) is 2. The molecule has 2 aromatic carbocycles. The van der Waals surface area contributed by atoms with Crippen molar-refractivity contribution in [2.45, 2.75) is 45.7 Å². The fourth-order valence-electron chi connectivity index (χ4n) is 4.00. The van der Waals surface area contributed by atoms with Crippen LogP contribution in [0.15, 0.2) is 36.4 Å². The fraction of sp³-hybridized carbons (Fsp3) is 0.440. The molecule has 1 aliphatic heterocycles. The molecule has 7 heteroatoms. The van der Waals surface area contributed by atoms with Crippen LogP contribution in [0.2, 0.25) is 0 Å². The summed E-state index contributed by atoms with van der Waals surface area (Å²) in [4.78, 5) is 27.8. The van der Waals surface area contributed by atoms with E-state index in [1.54, 1.807) is 25.2 Å². The fourth-order valence-corrected chi connectivity index (χ4v) is 4.00. The van der Waals surface area contributed by atoms with Crippen LogP contribution >= 0.6 is 0 Å². The molecule has 1 aliphatic rings. The molecule has 1 atom stereocenters. The molecule has 0 bridgehead atoms. The van der Waals surface area contributed by atoms with Gasteiger partial charge < -0.3 is 25.0 Å². The van der Waals surface area contributed by atoms with Crippen LogP contribution in [-0.2, 0) is 6.42 Å². The van der Waals surface area contributed by atoms with Crippen LogP contribution in [0.25, 0.3) is 0 Å². The van der Waals surface area contributed by atoms with E-state index in [4.69, 9.17) is 9.47 Å². The Morgan fingerprint density at radius 1 is 1.09 bits per heavy atom. The topological polar surface area (TPSA) is 79.9 Å². The second-order valence-corrected chi connectivity index (χ2v) is 9.07. The highest BCUT2D eigenvalue weighted by molar-refractivity contribution is 5.95. The maximum absolute atomic E-state index is 13.1. The van der Waals surface area contributed by atoms with Crippen molar-refractivity contribution in [1.29, 1.82) is 0 Å². The molecule has 32 heavy (non-hydrogen) atoms. The van der Waals surface area contributed by atoms with Crippen molar-refractivity contribution in [2.75, 3.05) is 27.3 Å². The Hall–Kier alpha value is -3.22. The van der Waals surface area contributed by atoms with Crippen LogP contribution in [0.4, 0.5) is 4.79 Å². The third-order valence-corrected chi connectivity index (χ3v) is 5.59. The zero-order chi connectivity index (χ0) is 23.5. The van der Waals surface area contributed by atoms with Gasteiger partial charge >= 0.3 is 6.03 Å². The van der Waals surface area contributed by atoms with Gasteiger partial charge in [0.05, 0.1) is 20.3 Å². The summed E-state index contributed by atoms with van der Waals surface area (Å²) in [6.07, 6.45) is 0.690. The number of urea groups is 1. The Morgan fingerprint density at radius 2 is 1.75 bits per heavy atom. The Labute approximate surface area is 190 Å². The molecule has 3 amide bonds. The highest BCUT2D eigenvalue weighted by atomic mass is 16.5. The van der Waals surface area contributed by atoms with Crippen LogP contribution in [0, 0.1) is 6.92 Å². The van der Waals surface area contributed by atoms with Crippen molar-refractivity contribution in [3.05, 3.63) is 58.7 Å². The van der Waals surface area contributed by atoms with Crippen molar-refractivity contribution in [3.63, 3.8) is 0 Å². The Bertz CT molecular complexity index is 997. The molecule has 0 aromatic heterocycles. The summed E-state index contributed by atoms with van der Waals surface area (Å²) in [5, 5.41) is 6.08. The summed E-state index contributed by atoms with van der Waals surface area (Å²) >= 11 is 0. The van der Waals surface area contributed by atoms with Gasteiger partial charge in [-0.15, -0.1) is 0 Å². The summed E-state index contributed by atoms with van der Waals surface area (Å²) in [5.41, 5.74) is 3.19. The predicted octanol–water partition coefficient (Wildman–Crippen LogP) is 3.85. The minimum absolute atomic E-state index is 0.159. The lowest BCUT2D eigenvalue weighted by Gasteiger charge is -2.39. The van der Waals surface area contributed by atoms with Crippen molar-refractivity contribution in [2.24, 2.45) is 0 Å². The van der Waals surface area contributed by atoms with Crippen molar-refractivity contribution >= 4 is 11.9 Å². The third-order valence-electron chi connectivity index (χ3n) is 5.59. The molecule has 0 spiro atoms. The zero-order valence-corrected chi connectivity index (χ0v) is 19.7. The monoisotopic (exact) mass is 439 g/mol. The van der Waals surface area contributed by atoms with E-state index in [-0.39, 0.29) is 30.1 Å². The molecule has 2 N–H and O–H groups in total. The molecule has 0 saturated carbocycles. The minimum Gasteiger partial charge on any atom is -0.493 e. The molecule has 0 aliphatic carbocycles. The first-order valence-corrected chi connectivity index (χ1v) is 10.8. The highest BCUT2D eigenvalue weighted by Crippen LogP contribution is 2.38.